The average molecular weight is 496 g/mol. The molecule has 1 saturated carbocycles. The van der Waals surface area contributed by atoms with Gasteiger partial charge >= 0.3 is 0 Å². The Hall–Kier alpha value is -2.65. The zero-order chi connectivity index (χ0) is 26.9. The summed E-state index contributed by atoms with van der Waals surface area (Å²) in [6.07, 6.45) is 3.11. The number of hydrogen-bond acceptors (Lipinski definition) is 5. The maximum Gasteiger partial charge on any atom is 0.245 e. The first-order valence-electron chi connectivity index (χ1n) is 12.6. The van der Waals surface area contributed by atoms with Crippen LogP contribution in [-0.4, -0.2) is 61.3 Å². The highest BCUT2D eigenvalue weighted by Gasteiger charge is 2.41. The van der Waals surface area contributed by atoms with E-state index in [0.29, 0.717) is 19.3 Å². The van der Waals surface area contributed by atoms with Gasteiger partial charge in [-0.05, 0) is 44.9 Å². The van der Waals surface area contributed by atoms with Crippen molar-refractivity contribution in [1.29, 1.82) is 0 Å². The molecule has 0 radical (unpaired) electrons. The molecule has 0 unspecified atom stereocenters. The van der Waals surface area contributed by atoms with Crippen molar-refractivity contribution < 1.29 is 24.0 Å². The van der Waals surface area contributed by atoms with Gasteiger partial charge in [-0.1, -0.05) is 40.5 Å². The molecule has 0 aromatic heterocycles. The second-order valence-electron chi connectivity index (χ2n) is 10.7. The maximum absolute atomic E-state index is 13.3. The van der Waals surface area contributed by atoms with Crippen molar-refractivity contribution in [3.63, 3.8) is 0 Å². The van der Waals surface area contributed by atoms with Crippen LogP contribution in [0.3, 0.4) is 0 Å². The van der Waals surface area contributed by atoms with Gasteiger partial charge in [0.2, 0.25) is 29.5 Å². The van der Waals surface area contributed by atoms with Crippen LogP contribution >= 0.6 is 0 Å². The van der Waals surface area contributed by atoms with Gasteiger partial charge in [0.25, 0.3) is 0 Å². The van der Waals surface area contributed by atoms with E-state index in [1.807, 2.05) is 27.7 Å². The number of nitrogens with one attached hydrogen (secondary N) is 5. The molecule has 0 aliphatic heterocycles. The van der Waals surface area contributed by atoms with Crippen molar-refractivity contribution in [2.75, 3.05) is 14.1 Å². The minimum absolute atomic E-state index is 0.114. The Morgan fingerprint density at radius 3 is 1.77 bits per heavy atom. The molecular formula is C25H45N5O5. The molecule has 0 aromatic carbocycles. The summed E-state index contributed by atoms with van der Waals surface area (Å²) in [6.45, 7) is 10.8. The third kappa shape index (κ3) is 8.81. The lowest BCUT2D eigenvalue weighted by molar-refractivity contribution is -0.141. The van der Waals surface area contributed by atoms with Gasteiger partial charge in [-0.3, -0.25) is 24.0 Å². The first kappa shape index (κ1) is 30.4. The topological polar surface area (TPSA) is 146 Å². The first-order chi connectivity index (χ1) is 16.2. The molecule has 5 N–H and O–H groups in total. The van der Waals surface area contributed by atoms with Crippen molar-refractivity contribution in [1.82, 2.24) is 26.6 Å². The Morgan fingerprint density at radius 1 is 0.800 bits per heavy atom. The lowest BCUT2D eigenvalue weighted by atomic mass is 9.77. The molecule has 1 rings (SSSR count). The normalized spacial score (nSPS) is 19.9. The van der Waals surface area contributed by atoms with Gasteiger partial charge in [-0.15, -0.1) is 0 Å². The third-order valence-corrected chi connectivity index (χ3v) is 6.51. The molecule has 0 spiro atoms. The molecule has 1 aliphatic carbocycles. The molecule has 35 heavy (non-hydrogen) atoms. The van der Waals surface area contributed by atoms with Crippen LogP contribution in [0, 0.1) is 23.7 Å². The van der Waals surface area contributed by atoms with Crippen LogP contribution in [0.4, 0.5) is 0 Å². The smallest absolute Gasteiger partial charge is 0.245 e. The van der Waals surface area contributed by atoms with Crippen LogP contribution in [0.2, 0.25) is 0 Å². The van der Waals surface area contributed by atoms with E-state index < -0.39 is 35.4 Å². The second-order valence-corrected chi connectivity index (χ2v) is 10.7. The van der Waals surface area contributed by atoms with Crippen molar-refractivity contribution in [2.24, 2.45) is 23.7 Å². The van der Waals surface area contributed by atoms with E-state index in [2.05, 4.69) is 26.6 Å². The quantitative estimate of drug-likeness (QED) is 0.288. The van der Waals surface area contributed by atoms with E-state index in [1.165, 1.54) is 14.1 Å². The summed E-state index contributed by atoms with van der Waals surface area (Å²) in [4.78, 5) is 63.8. The van der Waals surface area contributed by atoms with Crippen LogP contribution < -0.4 is 26.6 Å². The van der Waals surface area contributed by atoms with E-state index in [0.717, 1.165) is 12.8 Å². The Balaban J connectivity index is 2.95. The summed E-state index contributed by atoms with van der Waals surface area (Å²) in [5.74, 6) is -2.90. The minimum Gasteiger partial charge on any atom is -0.357 e. The van der Waals surface area contributed by atoms with Crippen LogP contribution in [0.1, 0.15) is 73.6 Å². The molecule has 0 bridgehead atoms. The number of amides is 5. The van der Waals surface area contributed by atoms with Gasteiger partial charge in [-0.2, -0.15) is 0 Å². The average Bonchev–Trinajstić information content (AvgIpc) is 2.79. The van der Waals surface area contributed by atoms with E-state index in [9.17, 15) is 24.0 Å². The number of carbonyl (C=O) groups is 5. The predicted molar refractivity (Wildman–Crippen MR) is 134 cm³/mol. The highest BCUT2D eigenvalue weighted by molar-refractivity contribution is 5.96. The summed E-state index contributed by atoms with van der Waals surface area (Å²) in [7, 11) is 3.03. The summed E-state index contributed by atoms with van der Waals surface area (Å²) < 4.78 is 0. The standard InChI is InChI=1S/C25H45N5O5/c1-14(2)13-18(22(33)26-7)28-24(35)25(5,6)30-21(32)17-12-10-9-11-16(17)20(31)29-19(15(3)4)23(34)27-8/h14-19H,9-13H2,1-8H3,(H,26,33)(H,27,34)(H,28,35)(H,29,31)(H,30,32)/t16-,17+,18+,19+/m1/s1. The van der Waals surface area contributed by atoms with Crippen LogP contribution in [0.15, 0.2) is 0 Å². The highest BCUT2D eigenvalue weighted by atomic mass is 16.2. The molecule has 0 heterocycles. The SMILES string of the molecule is CNC(=O)[C@H](CC(C)C)NC(=O)C(C)(C)NC(=O)[C@H]1CCCC[C@H]1C(=O)N[C@H](C(=O)NC)C(C)C. The molecular weight excluding hydrogens is 450 g/mol. The monoisotopic (exact) mass is 495 g/mol. The van der Waals surface area contributed by atoms with Gasteiger partial charge in [0, 0.05) is 25.9 Å². The zero-order valence-electron chi connectivity index (χ0n) is 22.5. The summed E-state index contributed by atoms with van der Waals surface area (Å²) in [5, 5.41) is 13.5. The van der Waals surface area contributed by atoms with Crippen molar-refractivity contribution >= 4 is 29.5 Å². The van der Waals surface area contributed by atoms with Crippen LogP contribution in [0.5, 0.6) is 0 Å². The van der Waals surface area contributed by atoms with Crippen LogP contribution in [-0.2, 0) is 24.0 Å². The molecule has 5 amide bonds. The fourth-order valence-electron chi connectivity index (χ4n) is 4.38. The Labute approximate surface area is 209 Å². The van der Waals surface area contributed by atoms with Crippen molar-refractivity contribution in [2.45, 2.75) is 91.3 Å². The number of carbonyl (C=O) groups excluding carboxylic acids is 5. The molecule has 0 saturated heterocycles. The summed E-state index contributed by atoms with van der Waals surface area (Å²) in [5.41, 5.74) is -1.29. The van der Waals surface area contributed by atoms with Gasteiger partial charge in [0.05, 0.1) is 0 Å². The third-order valence-electron chi connectivity index (χ3n) is 6.51. The first-order valence-corrected chi connectivity index (χ1v) is 12.6. The Morgan fingerprint density at radius 2 is 1.31 bits per heavy atom. The highest BCUT2D eigenvalue weighted by Crippen LogP contribution is 2.31. The molecule has 10 heteroatoms. The van der Waals surface area contributed by atoms with Gasteiger partial charge in [0.15, 0.2) is 0 Å². The van der Waals surface area contributed by atoms with Crippen LogP contribution in [0.25, 0.3) is 0 Å². The molecule has 4 atom stereocenters. The Bertz CT molecular complexity index is 780. The fourth-order valence-corrected chi connectivity index (χ4v) is 4.38. The minimum atomic E-state index is -1.29. The van der Waals surface area contributed by atoms with Gasteiger partial charge < -0.3 is 26.6 Å². The summed E-state index contributed by atoms with van der Waals surface area (Å²) in [6, 6.07) is -1.41. The van der Waals surface area contributed by atoms with E-state index in [-0.39, 0.29) is 35.5 Å². The number of rotatable bonds is 11. The van der Waals surface area contributed by atoms with Crippen molar-refractivity contribution in [3.05, 3.63) is 0 Å². The predicted octanol–water partition coefficient (Wildman–Crippen LogP) is 0.851. The maximum atomic E-state index is 13.3. The van der Waals surface area contributed by atoms with E-state index >= 15 is 0 Å². The lowest BCUT2D eigenvalue weighted by Crippen LogP contribution is -2.60. The summed E-state index contributed by atoms with van der Waals surface area (Å²) >= 11 is 0. The van der Waals surface area contributed by atoms with Crippen molar-refractivity contribution in [3.8, 4) is 0 Å². The molecule has 1 aliphatic rings. The molecule has 0 aromatic rings. The molecule has 200 valence electrons. The molecule has 1 fully saturated rings. The number of likely N-dealkylation sites (N-methyl/N-ethyl adjacent to an activating group) is 2. The molecule has 10 nitrogen and oxygen atoms in total. The lowest BCUT2D eigenvalue weighted by Gasteiger charge is -2.34. The Kier molecular flexibility index (Phi) is 11.7. The largest absolute Gasteiger partial charge is 0.357 e. The fraction of sp³-hybridized carbons (Fsp3) is 0.800. The zero-order valence-corrected chi connectivity index (χ0v) is 22.5. The second kappa shape index (κ2) is 13.4. The van der Waals surface area contributed by atoms with Gasteiger partial charge in [0.1, 0.15) is 17.6 Å². The number of hydrogen-bond donors (Lipinski definition) is 5. The van der Waals surface area contributed by atoms with Gasteiger partial charge in [-0.25, -0.2) is 0 Å². The van der Waals surface area contributed by atoms with E-state index in [1.54, 1.807) is 13.8 Å². The van der Waals surface area contributed by atoms with E-state index in [4.69, 9.17) is 0 Å².